The zero-order valence-electron chi connectivity index (χ0n) is 16.4. The molecule has 2 aromatic rings. The highest BCUT2D eigenvalue weighted by Gasteiger charge is 2.31. The minimum Gasteiger partial charge on any atom is -0.343 e. The Labute approximate surface area is 173 Å². The quantitative estimate of drug-likeness (QED) is 0.714. The van der Waals surface area contributed by atoms with E-state index in [0.29, 0.717) is 5.56 Å². The molecule has 0 spiro atoms. The molecule has 0 saturated carbocycles. The van der Waals surface area contributed by atoms with Crippen molar-refractivity contribution >= 4 is 17.5 Å². The number of amides is 2. The van der Waals surface area contributed by atoms with Crippen LogP contribution in [0.4, 0.5) is 18.9 Å². The van der Waals surface area contributed by atoms with Gasteiger partial charge in [-0.3, -0.25) is 9.59 Å². The van der Waals surface area contributed by atoms with Crippen LogP contribution in [0, 0.1) is 0 Å². The van der Waals surface area contributed by atoms with Crippen LogP contribution in [-0.2, 0) is 15.8 Å². The van der Waals surface area contributed by atoms with Gasteiger partial charge in [0.15, 0.2) is 0 Å². The van der Waals surface area contributed by atoms with E-state index in [0.717, 1.165) is 38.1 Å². The maximum absolute atomic E-state index is 12.9. The van der Waals surface area contributed by atoms with Crippen molar-refractivity contribution < 1.29 is 22.8 Å². The lowest BCUT2D eigenvalue weighted by molar-refractivity contribution is -0.137. The first-order valence-corrected chi connectivity index (χ1v) is 9.89. The molecule has 1 fully saturated rings. The summed E-state index contributed by atoms with van der Waals surface area (Å²) >= 11 is 0. The van der Waals surface area contributed by atoms with Crippen LogP contribution >= 0.6 is 0 Å². The van der Waals surface area contributed by atoms with Gasteiger partial charge in [0.1, 0.15) is 6.04 Å². The fourth-order valence-electron chi connectivity index (χ4n) is 3.44. The molecule has 1 heterocycles. The Kier molecular flexibility index (Phi) is 7.10. The maximum atomic E-state index is 12.9. The summed E-state index contributed by atoms with van der Waals surface area (Å²) in [6.07, 6.45) is -2.23. The number of hydrogen-bond donors (Lipinski definition) is 2. The molecule has 1 saturated heterocycles. The number of rotatable bonds is 7. The van der Waals surface area contributed by atoms with E-state index in [2.05, 4.69) is 10.6 Å². The van der Waals surface area contributed by atoms with E-state index in [-0.39, 0.29) is 24.6 Å². The van der Waals surface area contributed by atoms with Gasteiger partial charge < -0.3 is 15.5 Å². The second kappa shape index (κ2) is 9.75. The number of nitrogens with one attached hydrogen (secondary N) is 2. The molecule has 30 heavy (non-hydrogen) atoms. The van der Waals surface area contributed by atoms with Crippen LogP contribution in [0.15, 0.2) is 54.6 Å². The number of hydrogen-bond acceptors (Lipinski definition) is 3. The van der Waals surface area contributed by atoms with Crippen LogP contribution in [0.5, 0.6) is 0 Å². The maximum Gasteiger partial charge on any atom is 0.416 e. The Morgan fingerprint density at radius 3 is 2.37 bits per heavy atom. The highest BCUT2D eigenvalue weighted by atomic mass is 19.4. The third-order valence-electron chi connectivity index (χ3n) is 5.00. The van der Waals surface area contributed by atoms with Crippen molar-refractivity contribution in [3.8, 4) is 0 Å². The van der Waals surface area contributed by atoms with Crippen molar-refractivity contribution in [3.05, 3.63) is 65.7 Å². The molecule has 1 atom stereocenters. The number of nitrogens with zero attached hydrogens (tertiary/aromatic N) is 1. The summed E-state index contributed by atoms with van der Waals surface area (Å²) in [4.78, 5) is 26.9. The number of alkyl halides is 3. The third kappa shape index (κ3) is 5.82. The zero-order valence-corrected chi connectivity index (χ0v) is 16.4. The van der Waals surface area contributed by atoms with Crippen molar-refractivity contribution in [1.29, 1.82) is 0 Å². The lowest BCUT2D eigenvalue weighted by Crippen LogP contribution is -2.36. The fraction of sp³-hybridized carbons (Fsp3) is 0.364. The molecule has 2 amide bonds. The summed E-state index contributed by atoms with van der Waals surface area (Å²) in [5.41, 5.74) is -0.109. The van der Waals surface area contributed by atoms with Gasteiger partial charge in [0.05, 0.1) is 5.56 Å². The molecule has 1 unspecified atom stereocenters. The second-order valence-corrected chi connectivity index (χ2v) is 7.20. The van der Waals surface area contributed by atoms with E-state index in [1.165, 1.54) is 12.1 Å². The molecule has 8 heteroatoms. The summed E-state index contributed by atoms with van der Waals surface area (Å²) in [5.74, 6) is -0.459. The van der Waals surface area contributed by atoms with Gasteiger partial charge in [-0.05, 0) is 36.6 Å². The lowest BCUT2D eigenvalue weighted by atomic mass is 10.1. The van der Waals surface area contributed by atoms with Gasteiger partial charge in [-0.15, -0.1) is 0 Å². The highest BCUT2D eigenvalue weighted by Crippen LogP contribution is 2.31. The SMILES string of the molecule is O=C(Nc1cccc(C(F)(F)F)c1)C(NCCC(=O)N1CCCC1)c1ccccc1. The predicted molar refractivity (Wildman–Crippen MR) is 108 cm³/mol. The monoisotopic (exact) mass is 419 g/mol. The van der Waals surface area contributed by atoms with Gasteiger partial charge in [-0.1, -0.05) is 36.4 Å². The smallest absolute Gasteiger partial charge is 0.343 e. The normalized spacial score (nSPS) is 15.1. The molecule has 0 bridgehead atoms. The van der Waals surface area contributed by atoms with E-state index in [4.69, 9.17) is 0 Å². The highest BCUT2D eigenvalue weighted by molar-refractivity contribution is 5.95. The fourth-order valence-corrected chi connectivity index (χ4v) is 3.44. The third-order valence-corrected chi connectivity index (χ3v) is 5.00. The van der Waals surface area contributed by atoms with Crippen molar-refractivity contribution in [3.63, 3.8) is 0 Å². The second-order valence-electron chi connectivity index (χ2n) is 7.20. The summed E-state index contributed by atoms with van der Waals surface area (Å²) < 4.78 is 38.8. The van der Waals surface area contributed by atoms with Gasteiger partial charge in [0.25, 0.3) is 0 Å². The molecule has 160 valence electrons. The Bertz CT molecular complexity index is 865. The molecule has 0 radical (unpaired) electrons. The Balaban J connectivity index is 1.67. The standard InChI is InChI=1S/C22H24F3N3O2/c23-22(24,25)17-9-6-10-18(15-17)27-21(30)20(16-7-2-1-3-8-16)26-12-11-19(29)28-13-4-5-14-28/h1-3,6-10,15,20,26H,4-5,11-14H2,(H,27,30). The minimum absolute atomic E-state index is 0.0325. The molecular weight excluding hydrogens is 395 g/mol. The van der Waals surface area contributed by atoms with Gasteiger partial charge >= 0.3 is 6.18 Å². The number of carbonyl (C=O) groups is 2. The number of halogens is 3. The predicted octanol–water partition coefficient (Wildman–Crippen LogP) is 3.99. The van der Waals surface area contributed by atoms with Crippen LogP contribution in [0.2, 0.25) is 0 Å². The number of carbonyl (C=O) groups excluding carboxylic acids is 2. The number of likely N-dealkylation sites (tertiary alicyclic amines) is 1. The molecule has 2 aromatic carbocycles. The van der Waals surface area contributed by atoms with E-state index < -0.39 is 23.7 Å². The van der Waals surface area contributed by atoms with Crippen molar-refractivity contribution in [1.82, 2.24) is 10.2 Å². The van der Waals surface area contributed by atoms with Gasteiger partial charge in [-0.2, -0.15) is 13.2 Å². The summed E-state index contributed by atoms with van der Waals surface area (Å²) in [5, 5.41) is 5.62. The van der Waals surface area contributed by atoms with Crippen LogP contribution in [0.1, 0.15) is 36.4 Å². The largest absolute Gasteiger partial charge is 0.416 e. The molecule has 1 aliphatic heterocycles. The van der Waals surface area contributed by atoms with Crippen LogP contribution < -0.4 is 10.6 Å². The Morgan fingerprint density at radius 2 is 1.70 bits per heavy atom. The molecule has 1 aliphatic rings. The summed E-state index contributed by atoms with van der Waals surface area (Å²) in [6.45, 7) is 1.80. The number of anilines is 1. The Morgan fingerprint density at radius 1 is 1.00 bits per heavy atom. The van der Waals surface area contributed by atoms with Crippen molar-refractivity contribution in [2.24, 2.45) is 0 Å². The topological polar surface area (TPSA) is 61.4 Å². The minimum atomic E-state index is -4.49. The number of benzene rings is 2. The van der Waals surface area contributed by atoms with Gasteiger partial charge in [0, 0.05) is 31.7 Å². The zero-order chi connectivity index (χ0) is 21.6. The van der Waals surface area contributed by atoms with E-state index in [1.54, 1.807) is 24.3 Å². The average molecular weight is 419 g/mol. The summed E-state index contributed by atoms with van der Waals surface area (Å²) in [6, 6.07) is 12.6. The van der Waals surface area contributed by atoms with Crippen molar-refractivity contribution in [2.45, 2.75) is 31.5 Å². The van der Waals surface area contributed by atoms with Crippen LogP contribution in [0.25, 0.3) is 0 Å². The summed E-state index contributed by atoms with van der Waals surface area (Å²) in [7, 11) is 0. The van der Waals surface area contributed by atoms with Gasteiger partial charge in [0.2, 0.25) is 11.8 Å². The van der Waals surface area contributed by atoms with Gasteiger partial charge in [-0.25, -0.2) is 0 Å². The first-order chi connectivity index (χ1) is 14.3. The van der Waals surface area contributed by atoms with E-state index in [1.807, 2.05) is 11.0 Å². The Hall–Kier alpha value is -2.87. The molecule has 0 aliphatic carbocycles. The van der Waals surface area contributed by atoms with E-state index >= 15 is 0 Å². The lowest BCUT2D eigenvalue weighted by Gasteiger charge is -2.20. The van der Waals surface area contributed by atoms with E-state index in [9.17, 15) is 22.8 Å². The van der Waals surface area contributed by atoms with Crippen molar-refractivity contribution in [2.75, 3.05) is 25.0 Å². The molecule has 3 rings (SSSR count). The van der Waals surface area contributed by atoms with Crippen LogP contribution in [-0.4, -0.2) is 36.3 Å². The van der Waals surface area contributed by atoms with Crippen LogP contribution in [0.3, 0.4) is 0 Å². The molecular formula is C22H24F3N3O2. The molecule has 0 aromatic heterocycles. The first-order valence-electron chi connectivity index (χ1n) is 9.89. The first kappa shape index (κ1) is 21.8. The molecule has 2 N–H and O–H groups in total. The molecule has 5 nitrogen and oxygen atoms in total. The average Bonchev–Trinajstić information content (AvgIpc) is 3.26.